The van der Waals surface area contributed by atoms with Crippen LogP contribution in [0.3, 0.4) is 0 Å². The Balaban J connectivity index is 2.03. The van der Waals surface area contributed by atoms with Crippen molar-refractivity contribution in [2.75, 3.05) is 7.11 Å². The van der Waals surface area contributed by atoms with Crippen molar-refractivity contribution in [2.24, 2.45) is 0 Å². The van der Waals surface area contributed by atoms with E-state index in [1.165, 1.54) is 0 Å². The van der Waals surface area contributed by atoms with Gasteiger partial charge in [-0.15, -0.1) is 0 Å². The van der Waals surface area contributed by atoms with E-state index in [1.54, 1.807) is 26.2 Å². The van der Waals surface area contributed by atoms with Gasteiger partial charge in [-0.25, -0.2) is 4.98 Å². The summed E-state index contributed by atoms with van der Waals surface area (Å²) in [7, 11) is 1.59. The van der Waals surface area contributed by atoms with Crippen molar-refractivity contribution in [1.82, 2.24) is 4.98 Å². The van der Waals surface area contributed by atoms with Crippen LogP contribution < -0.4 is 4.74 Å². The quantitative estimate of drug-likeness (QED) is 0.685. The zero-order valence-corrected chi connectivity index (χ0v) is 12.4. The predicted octanol–water partition coefficient (Wildman–Crippen LogP) is 3.89. The van der Waals surface area contributed by atoms with Gasteiger partial charge in [0.2, 0.25) is 11.7 Å². The molecule has 1 heterocycles. The average Bonchev–Trinajstić information content (AvgIpc) is 2.96. The summed E-state index contributed by atoms with van der Waals surface area (Å²) in [5.74, 6) is 1.12. The van der Waals surface area contributed by atoms with E-state index < -0.39 is 0 Å². The molecule has 0 N–H and O–H groups in total. The number of carbonyl (C=O) groups is 1. The first kappa shape index (κ1) is 14.1. The first-order valence-electron chi connectivity index (χ1n) is 6.91. The molecule has 0 aliphatic heterocycles. The summed E-state index contributed by atoms with van der Waals surface area (Å²) in [5, 5.41) is 0. The number of methoxy groups -OCH3 is 1. The third-order valence-electron chi connectivity index (χ3n) is 3.38. The Morgan fingerprint density at radius 3 is 2.45 bits per heavy atom. The average molecular weight is 293 g/mol. The van der Waals surface area contributed by atoms with Gasteiger partial charge < -0.3 is 9.15 Å². The Kier molecular flexibility index (Phi) is 3.74. The minimum Gasteiger partial charge on any atom is -0.496 e. The third kappa shape index (κ3) is 2.51. The van der Waals surface area contributed by atoms with Crippen LogP contribution in [-0.4, -0.2) is 17.9 Å². The largest absolute Gasteiger partial charge is 0.496 e. The molecule has 110 valence electrons. The van der Waals surface area contributed by atoms with Crippen molar-refractivity contribution in [3.05, 3.63) is 71.6 Å². The highest BCUT2D eigenvalue weighted by atomic mass is 16.5. The molecule has 0 bridgehead atoms. The molecular formula is C18H15NO3. The van der Waals surface area contributed by atoms with Gasteiger partial charge in [0.1, 0.15) is 5.75 Å². The summed E-state index contributed by atoms with van der Waals surface area (Å²) in [6, 6.07) is 16.4. The molecule has 0 fully saturated rings. The zero-order chi connectivity index (χ0) is 15.5. The van der Waals surface area contributed by atoms with Crippen LogP contribution in [0.4, 0.5) is 0 Å². The van der Waals surface area contributed by atoms with Gasteiger partial charge >= 0.3 is 0 Å². The van der Waals surface area contributed by atoms with Gasteiger partial charge in [0.25, 0.3) is 0 Å². The number of para-hydroxylation sites is 1. The molecule has 22 heavy (non-hydrogen) atoms. The lowest BCUT2D eigenvalue weighted by Crippen LogP contribution is -2.01. The molecule has 4 heteroatoms. The maximum absolute atomic E-state index is 12.5. The highest BCUT2D eigenvalue weighted by Gasteiger charge is 2.21. The second kappa shape index (κ2) is 5.85. The van der Waals surface area contributed by atoms with Gasteiger partial charge in [0, 0.05) is 5.56 Å². The Morgan fingerprint density at radius 2 is 1.73 bits per heavy atom. The van der Waals surface area contributed by atoms with Gasteiger partial charge in [-0.05, 0) is 19.1 Å². The molecule has 3 aromatic rings. The Hall–Kier alpha value is -2.88. The lowest BCUT2D eigenvalue weighted by atomic mass is 10.1. The molecular weight excluding hydrogens is 278 g/mol. The van der Waals surface area contributed by atoms with Crippen molar-refractivity contribution in [3.63, 3.8) is 0 Å². The molecule has 0 amide bonds. The number of aryl methyl sites for hydroxylation is 1. The summed E-state index contributed by atoms with van der Waals surface area (Å²) in [4.78, 5) is 16.9. The molecule has 0 saturated heterocycles. The number of ketones is 1. The van der Waals surface area contributed by atoms with Crippen LogP contribution >= 0.6 is 0 Å². The second-order valence-corrected chi connectivity index (χ2v) is 4.83. The fraction of sp³-hybridized carbons (Fsp3) is 0.111. The molecule has 0 unspecified atom stereocenters. The van der Waals surface area contributed by atoms with E-state index in [-0.39, 0.29) is 11.5 Å². The van der Waals surface area contributed by atoms with Crippen molar-refractivity contribution in [2.45, 2.75) is 6.92 Å². The van der Waals surface area contributed by atoms with Crippen molar-refractivity contribution < 1.29 is 13.9 Å². The molecule has 1 aromatic heterocycles. The smallest absolute Gasteiger partial charge is 0.230 e. The molecule has 0 aliphatic carbocycles. The first-order chi connectivity index (χ1) is 10.7. The third-order valence-corrected chi connectivity index (χ3v) is 3.38. The molecule has 0 spiro atoms. The Bertz CT molecular complexity index is 806. The van der Waals surface area contributed by atoms with Crippen LogP contribution in [-0.2, 0) is 0 Å². The van der Waals surface area contributed by atoms with E-state index in [9.17, 15) is 4.79 Å². The maximum Gasteiger partial charge on any atom is 0.230 e. The Labute approximate surface area is 128 Å². The number of benzene rings is 2. The fourth-order valence-corrected chi connectivity index (χ4v) is 2.26. The minimum absolute atomic E-state index is 0.174. The van der Waals surface area contributed by atoms with Crippen LogP contribution in [0.5, 0.6) is 5.75 Å². The summed E-state index contributed by atoms with van der Waals surface area (Å²) in [6.45, 7) is 1.76. The number of nitrogens with zero attached hydrogens (tertiary/aromatic N) is 1. The minimum atomic E-state index is -0.174. The Morgan fingerprint density at radius 1 is 1.05 bits per heavy atom. The van der Waals surface area contributed by atoms with E-state index in [4.69, 9.17) is 9.15 Å². The van der Waals surface area contributed by atoms with E-state index in [0.29, 0.717) is 22.9 Å². The normalized spacial score (nSPS) is 10.5. The molecule has 0 radical (unpaired) electrons. The monoisotopic (exact) mass is 293 g/mol. The molecule has 0 atom stereocenters. The van der Waals surface area contributed by atoms with Crippen LogP contribution in [0.1, 0.15) is 21.8 Å². The summed E-state index contributed by atoms with van der Waals surface area (Å²) >= 11 is 0. The topological polar surface area (TPSA) is 52.3 Å². The summed E-state index contributed by atoms with van der Waals surface area (Å²) in [6.07, 6.45) is 0. The number of aromatic nitrogens is 1. The van der Waals surface area contributed by atoms with Crippen LogP contribution in [0, 0.1) is 6.92 Å². The van der Waals surface area contributed by atoms with E-state index in [0.717, 1.165) is 5.56 Å². The number of hydrogen-bond acceptors (Lipinski definition) is 4. The fourth-order valence-electron chi connectivity index (χ4n) is 2.26. The van der Waals surface area contributed by atoms with Gasteiger partial charge in [0.15, 0.2) is 5.76 Å². The molecule has 3 rings (SSSR count). The highest BCUT2D eigenvalue weighted by Crippen LogP contribution is 2.30. The maximum atomic E-state index is 12.5. The lowest BCUT2D eigenvalue weighted by molar-refractivity contribution is 0.101. The molecule has 0 saturated carbocycles. The van der Waals surface area contributed by atoms with E-state index in [1.807, 2.05) is 42.5 Å². The van der Waals surface area contributed by atoms with Crippen molar-refractivity contribution in [3.8, 4) is 17.2 Å². The SMILES string of the molecule is COc1ccccc1-c1nc(C)c(C(=O)c2ccccc2)o1. The van der Waals surface area contributed by atoms with Gasteiger partial charge in [-0.1, -0.05) is 42.5 Å². The number of rotatable bonds is 4. The first-order valence-corrected chi connectivity index (χ1v) is 6.91. The molecule has 2 aromatic carbocycles. The number of carbonyl (C=O) groups excluding carboxylic acids is 1. The van der Waals surface area contributed by atoms with Gasteiger partial charge in [0.05, 0.1) is 18.4 Å². The standard InChI is InChI=1S/C18H15NO3/c1-12-17(16(20)13-8-4-3-5-9-13)22-18(19-12)14-10-6-7-11-15(14)21-2/h3-11H,1-2H3. The number of ether oxygens (including phenoxy) is 1. The predicted molar refractivity (Wildman–Crippen MR) is 83.1 cm³/mol. The molecule has 4 nitrogen and oxygen atoms in total. The van der Waals surface area contributed by atoms with Crippen LogP contribution in [0.25, 0.3) is 11.5 Å². The number of hydrogen-bond donors (Lipinski definition) is 0. The van der Waals surface area contributed by atoms with Gasteiger partial charge in [-0.2, -0.15) is 0 Å². The lowest BCUT2D eigenvalue weighted by Gasteiger charge is -2.03. The summed E-state index contributed by atoms with van der Waals surface area (Å²) in [5.41, 5.74) is 1.86. The second-order valence-electron chi connectivity index (χ2n) is 4.83. The zero-order valence-electron chi connectivity index (χ0n) is 12.4. The highest BCUT2D eigenvalue weighted by molar-refractivity contribution is 6.07. The molecule has 0 aliphatic rings. The van der Waals surface area contributed by atoms with E-state index >= 15 is 0 Å². The van der Waals surface area contributed by atoms with Gasteiger partial charge in [-0.3, -0.25) is 4.79 Å². The van der Waals surface area contributed by atoms with Crippen LogP contribution in [0.15, 0.2) is 59.0 Å². The summed E-state index contributed by atoms with van der Waals surface area (Å²) < 4.78 is 11.0. The van der Waals surface area contributed by atoms with Crippen LogP contribution in [0.2, 0.25) is 0 Å². The van der Waals surface area contributed by atoms with E-state index in [2.05, 4.69) is 4.98 Å². The van der Waals surface area contributed by atoms with Crippen molar-refractivity contribution in [1.29, 1.82) is 0 Å². The van der Waals surface area contributed by atoms with Crippen molar-refractivity contribution >= 4 is 5.78 Å². The number of oxazole rings is 1.